The smallest absolute Gasteiger partial charge is 0.0794 e. The minimum atomic E-state index is 0.832. The van der Waals surface area contributed by atoms with Crippen LogP contribution in [-0.2, 0) is 0 Å². The van der Waals surface area contributed by atoms with Crippen molar-refractivity contribution >= 4 is 11.3 Å². The van der Waals surface area contributed by atoms with Crippen LogP contribution in [0.3, 0.4) is 0 Å². The van der Waals surface area contributed by atoms with E-state index in [1.165, 1.54) is 30.7 Å². The van der Waals surface area contributed by atoms with Gasteiger partial charge in [-0.15, -0.1) is 11.3 Å². The minimum Gasteiger partial charge on any atom is -0.314 e. The molecular weight excluding hydrogens is 180 g/mol. The summed E-state index contributed by atoms with van der Waals surface area (Å²) in [6.07, 6.45) is 6.21. The largest absolute Gasteiger partial charge is 0.314 e. The van der Waals surface area contributed by atoms with Gasteiger partial charge in [0.05, 0.1) is 5.51 Å². The molecule has 1 heterocycles. The Morgan fingerprint density at radius 1 is 1.54 bits per heavy atom. The molecule has 2 atom stereocenters. The van der Waals surface area contributed by atoms with Crippen molar-refractivity contribution in [2.75, 3.05) is 6.54 Å². The van der Waals surface area contributed by atoms with E-state index < -0.39 is 0 Å². The summed E-state index contributed by atoms with van der Waals surface area (Å²) in [4.78, 5) is 5.61. The van der Waals surface area contributed by atoms with Gasteiger partial charge in [-0.05, 0) is 37.6 Å². The summed E-state index contributed by atoms with van der Waals surface area (Å²) in [5.41, 5.74) is 1.94. The normalized spacial score (nSPS) is 32.0. The molecule has 70 valence electrons. The molecule has 1 aromatic rings. The Labute approximate surface area is 82.4 Å². The number of rotatable bonds is 4. The van der Waals surface area contributed by atoms with E-state index >= 15 is 0 Å². The molecule has 2 aliphatic carbocycles. The van der Waals surface area contributed by atoms with Gasteiger partial charge >= 0.3 is 0 Å². The van der Waals surface area contributed by atoms with Gasteiger partial charge in [0.1, 0.15) is 0 Å². The van der Waals surface area contributed by atoms with E-state index in [0.29, 0.717) is 0 Å². The molecule has 0 amide bonds. The number of nitrogens with one attached hydrogen (secondary N) is 1. The van der Waals surface area contributed by atoms with Gasteiger partial charge in [0.2, 0.25) is 0 Å². The minimum absolute atomic E-state index is 0.832. The Bertz CT molecular complexity index is 279. The van der Waals surface area contributed by atoms with Gasteiger partial charge in [-0.1, -0.05) is 0 Å². The van der Waals surface area contributed by atoms with Crippen LogP contribution >= 0.6 is 11.3 Å². The van der Waals surface area contributed by atoms with Crippen LogP contribution < -0.4 is 5.32 Å². The van der Waals surface area contributed by atoms with E-state index in [4.69, 9.17) is 0 Å². The number of hydrogen-bond donors (Lipinski definition) is 1. The summed E-state index contributed by atoms with van der Waals surface area (Å²) in [6.45, 7) is 1.23. The van der Waals surface area contributed by atoms with E-state index in [1.54, 1.807) is 0 Å². The first-order chi connectivity index (χ1) is 6.43. The monoisotopic (exact) mass is 194 g/mol. The van der Waals surface area contributed by atoms with Gasteiger partial charge in [-0.25, -0.2) is 0 Å². The summed E-state index contributed by atoms with van der Waals surface area (Å²) in [5.74, 6) is 1.74. The molecule has 0 aliphatic heterocycles. The highest BCUT2D eigenvalue weighted by Crippen LogP contribution is 2.48. The van der Waals surface area contributed by atoms with E-state index in [2.05, 4.69) is 10.3 Å². The number of nitrogens with zero attached hydrogens (tertiary/aromatic N) is 1. The third kappa shape index (κ3) is 1.76. The van der Waals surface area contributed by atoms with Gasteiger partial charge < -0.3 is 5.32 Å². The predicted molar refractivity (Wildman–Crippen MR) is 54.0 cm³/mol. The van der Waals surface area contributed by atoms with Crippen LogP contribution in [0.5, 0.6) is 0 Å². The molecule has 0 radical (unpaired) electrons. The van der Waals surface area contributed by atoms with Gasteiger partial charge in [0.15, 0.2) is 0 Å². The zero-order valence-electron chi connectivity index (χ0n) is 7.57. The molecule has 13 heavy (non-hydrogen) atoms. The Morgan fingerprint density at radius 2 is 2.46 bits per heavy atom. The van der Waals surface area contributed by atoms with Crippen molar-refractivity contribution in [2.45, 2.75) is 31.2 Å². The summed E-state index contributed by atoms with van der Waals surface area (Å²) >= 11 is 1.81. The fourth-order valence-corrected chi connectivity index (χ4v) is 2.66. The van der Waals surface area contributed by atoms with Gasteiger partial charge in [-0.3, -0.25) is 4.98 Å². The first-order valence-corrected chi connectivity index (χ1v) is 5.93. The van der Waals surface area contributed by atoms with Crippen LogP contribution in [0.1, 0.15) is 30.1 Å². The summed E-state index contributed by atoms with van der Waals surface area (Å²) in [6, 6.07) is 0.864. The summed E-state index contributed by atoms with van der Waals surface area (Å²) in [7, 11) is 0. The quantitative estimate of drug-likeness (QED) is 0.793. The molecule has 2 nitrogen and oxygen atoms in total. The second-order valence-corrected chi connectivity index (χ2v) is 5.11. The highest BCUT2D eigenvalue weighted by molar-refractivity contribution is 7.09. The Balaban J connectivity index is 1.49. The maximum Gasteiger partial charge on any atom is 0.0794 e. The van der Waals surface area contributed by atoms with Crippen LogP contribution in [0.25, 0.3) is 0 Å². The molecule has 3 rings (SSSR count). The molecule has 2 unspecified atom stereocenters. The van der Waals surface area contributed by atoms with Crippen LogP contribution in [0, 0.1) is 5.92 Å². The molecule has 0 bridgehead atoms. The SMILES string of the molecule is c1ncc(C2CC2CNC2CC2)s1. The maximum absolute atomic E-state index is 4.12. The number of thiazole rings is 1. The Morgan fingerprint density at radius 3 is 3.15 bits per heavy atom. The molecule has 2 saturated carbocycles. The van der Waals surface area contributed by atoms with Crippen LogP contribution in [0.2, 0.25) is 0 Å². The Kier molecular flexibility index (Phi) is 1.87. The van der Waals surface area contributed by atoms with Gasteiger partial charge in [0.25, 0.3) is 0 Å². The molecule has 2 fully saturated rings. The highest BCUT2D eigenvalue weighted by atomic mass is 32.1. The second-order valence-electron chi connectivity index (χ2n) is 4.19. The molecule has 1 N–H and O–H groups in total. The maximum atomic E-state index is 4.12. The van der Waals surface area contributed by atoms with Crippen molar-refractivity contribution in [1.29, 1.82) is 0 Å². The fourth-order valence-electron chi connectivity index (χ4n) is 1.84. The van der Waals surface area contributed by atoms with Crippen molar-refractivity contribution < 1.29 is 0 Å². The van der Waals surface area contributed by atoms with Gasteiger partial charge in [0, 0.05) is 17.1 Å². The van der Waals surface area contributed by atoms with E-state index in [1.807, 2.05) is 23.0 Å². The number of aromatic nitrogens is 1. The molecule has 3 heteroatoms. The first kappa shape index (κ1) is 7.94. The van der Waals surface area contributed by atoms with Crippen LogP contribution in [0.15, 0.2) is 11.7 Å². The average Bonchev–Trinajstić information content (AvgIpc) is 3.04. The van der Waals surface area contributed by atoms with Crippen molar-refractivity contribution in [3.05, 3.63) is 16.6 Å². The molecule has 0 aromatic carbocycles. The fraction of sp³-hybridized carbons (Fsp3) is 0.700. The van der Waals surface area contributed by atoms with Crippen molar-refractivity contribution in [2.24, 2.45) is 5.92 Å². The second kappa shape index (κ2) is 3.07. The zero-order valence-corrected chi connectivity index (χ0v) is 8.39. The number of hydrogen-bond acceptors (Lipinski definition) is 3. The lowest BCUT2D eigenvalue weighted by Gasteiger charge is -1.99. The van der Waals surface area contributed by atoms with E-state index in [9.17, 15) is 0 Å². The molecular formula is C10H14N2S. The molecule has 0 spiro atoms. The molecule has 0 saturated heterocycles. The van der Waals surface area contributed by atoms with Crippen molar-refractivity contribution in [1.82, 2.24) is 10.3 Å². The van der Waals surface area contributed by atoms with Crippen molar-refractivity contribution in [3.8, 4) is 0 Å². The summed E-state index contributed by atoms with van der Waals surface area (Å²) < 4.78 is 0. The first-order valence-electron chi connectivity index (χ1n) is 5.05. The van der Waals surface area contributed by atoms with Crippen LogP contribution in [-0.4, -0.2) is 17.6 Å². The topological polar surface area (TPSA) is 24.9 Å². The molecule has 1 aromatic heterocycles. The summed E-state index contributed by atoms with van der Waals surface area (Å²) in [5, 5.41) is 3.59. The lowest BCUT2D eigenvalue weighted by atomic mass is 10.3. The van der Waals surface area contributed by atoms with E-state index in [0.717, 1.165) is 17.9 Å². The Hall–Kier alpha value is -0.410. The van der Waals surface area contributed by atoms with Crippen molar-refractivity contribution in [3.63, 3.8) is 0 Å². The highest BCUT2D eigenvalue weighted by Gasteiger charge is 2.39. The standard InChI is InChI=1S/C10H14N2S/c1-2-8(1)12-4-7-3-9(7)10-5-11-6-13-10/h5-9,12H,1-4H2. The van der Waals surface area contributed by atoms with Crippen LogP contribution in [0.4, 0.5) is 0 Å². The lowest BCUT2D eigenvalue weighted by Crippen LogP contribution is -2.19. The average molecular weight is 194 g/mol. The third-order valence-electron chi connectivity index (χ3n) is 2.99. The predicted octanol–water partition coefficient (Wildman–Crippen LogP) is 2.00. The zero-order chi connectivity index (χ0) is 8.67. The third-order valence-corrected chi connectivity index (χ3v) is 3.89. The lowest BCUT2D eigenvalue weighted by molar-refractivity contribution is 0.625. The van der Waals surface area contributed by atoms with Gasteiger partial charge in [-0.2, -0.15) is 0 Å². The van der Waals surface area contributed by atoms with E-state index in [-0.39, 0.29) is 0 Å². The molecule has 2 aliphatic rings.